The first kappa shape index (κ1) is 28.6. The third-order valence-corrected chi connectivity index (χ3v) is 7.88. The van der Waals surface area contributed by atoms with E-state index in [1.807, 2.05) is 19.1 Å². The largest absolute Gasteiger partial charge is 0.331 e. The second-order valence-corrected chi connectivity index (χ2v) is 10.9. The average molecular weight is 575 g/mol. The molecule has 0 aromatic heterocycles. The molecule has 6 rings (SSSR count). The van der Waals surface area contributed by atoms with Gasteiger partial charge in [-0.15, -0.1) is 0 Å². The summed E-state index contributed by atoms with van der Waals surface area (Å²) in [4.78, 5) is 18.5. The zero-order chi connectivity index (χ0) is 30.3. The summed E-state index contributed by atoms with van der Waals surface area (Å²) < 4.78 is 0. The highest BCUT2D eigenvalue weighted by Crippen LogP contribution is 2.40. The Morgan fingerprint density at radius 1 is 0.659 bits per heavy atom. The lowest BCUT2D eigenvalue weighted by atomic mass is 9.85. The van der Waals surface area contributed by atoms with Crippen LogP contribution in [0.5, 0.6) is 0 Å². The topological polar surface area (TPSA) is 41.9 Å². The van der Waals surface area contributed by atoms with Crippen LogP contribution in [0, 0.1) is 0 Å². The standard InChI is InChI=1S/C40H34N2O2/c1-29(41-44-30(2)43)32-23-25-36(26-24-32)42(40-22-12-18-33-17-9-10-21-38(33)40)37-20-11-19-35(28-37)39(34-15-7-4-8-16-34)27-31-13-5-3-6-14-31/h3-26,28,39H,27H2,1-2H3/b41-29-. The number of carbonyl (C=O) groups excluding carboxylic acids is 1. The van der Waals surface area contributed by atoms with Gasteiger partial charge in [-0.2, -0.15) is 0 Å². The van der Waals surface area contributed by atoms with Crippen molar-refractivity contribution in [3.8, 4) is 0 Å². The van der Waals surface area contributed by atoms with Gasteiger partial charge in [-0.05, 0) is 71.3 Å². The van der Waals surface area contributed by atoms with Crippen molar-refractivity contribution in [1.29, 1.82) is 0 Å². The highest BCUT2D eigenvalue weighted by molar-refractivity contribution is 6.01. The van der Waals surface area contributed by atoms with E-state index in [-0.39, 0.29) is 5.92 Å². The number of anilines is 3. The predicted molar refractivity (Wildman–Crippen MR) is 181 cm³/mol. The van der Waals surface area contributed by atoms with Crippen LogP contribution in [0.25, 0.3) is 10.8 Å². The number of hydrogen-bond donors (Lipinski definition) is 0. The number of rotatable bonds is 9. The molecule has 0 spiro atoms. The number of hydrogen-bond acceptors (Lipinski definition) is 4. The van der Waals surface area contributed by atoms with Gasteiger partial charge in [0, 0.05) is 29.6 Å². The van der Waals surface area contributed by atoms with E-state index in [0.29, 0.717) is 5.71 Å². The number of nitrogens with zero attached hydrogens (tertiary/aromatic N) is 2. The second-order valence-electron chi connectivity index (χ2n) is 10.9. The van der Waals surface area contributed by atoms with Gasteiger partial charge in [-0.25, -0.2) is 4.79 Å². The molecule has 0 amide bonds. The molecule has 44 heavy (non-hydrogen) atoms. The van der Waals surface area contributed by atoms with Crippen LogP contribution in [0.3, 0.4) is 0 Å². The molecular formula is C40H34N2O2. The van der Waals surface area contributed by atoms with Gasteiger partial charge in [0.2, 0.25) is 0 Å². The van der Waals surface area contributed by atoms with Crippen LogP contribution < -0.4 is 4.90 Å². The first-order valence-corrected chi connectivity index (χ1v) is 14.9. The summed E-state index contributed by atoms with van der Waals surface area (Å²) in [6.07, 6.45) is 0.901. The average Bonchev–Trinajstić information content (AvgIpc) is 3.07. The minimum atomic E-state index is -0.441. The second kappa shape index (κ2) is 13.2. The van der Waals surface area contributed by atoms with Crippen molar-refractivity contribution < 1.29 is 9.63 Å². The molecule has 6 aromatic rings. The Kier molecular flexibility index (Phi) is 8.60. The molecule has 0 saturated heterocycles. The molecule has 4 nitrogen and oxygen atoms in total. The van der Waals surface area contributed by atoms with Crippen LogP contribution >= 0.6 is 0 Å². The molecule has 0 N–H and O–H groups in total. The molecule has 4 heteroatoms. The molecule has 0 aliphatic carbocycles. The molecule has 1 atom stereocenters. The summed E-state index contributed by atoms with van der Waals surface area (Å²) in [5.41, 5.74) is 8.55. The molecule has 1 unspecified atom stereocenters. The molecule has 0 radical (unpaired) electrons. The predicted octanol–water partition coefficient (Wildman–Crippen LogP) is 9.97. The Morgan fingerprint density at radius 2 is 1.30 bits per heavy atom. The van der Waals surface area contributed by atoms with Gasteiger partial charge in [0.25, 0.3) is 0 Å². The summed E-state index contributed by atoms with van der Waals surface area (Å²) in [6, 6.07) is 53.5. The molecule has 0 saturated carbocycles. The van der Waals surface area contributed by atoms with E-state index in [2.05, 4.69) is 150 Å². The molecule has 6 aromatic carbocycles. The van der Waals surface area contributed by atoms with Crippen molar-refractivity contribution >= 4 is 39.5 Å². The van der Waals surface area contributed by atoms with Gasteiger partial charge in [0.05, 0.1) is 11.4 Å². The molecular weight excluding hydrogens is 540 g/mol. The van der Waals surface area contributed by atoms with E-state index >= 15 is 0 Å². The van der Waals surface area contributed by atoms with E-state index in [1.54, 1.807) is 0 Å². The zero-order valence-corrected chi connectivity index (χ0v) is 24.9. The summed E-state index contributed by atoms with van der Waals surface area (Å²) in [5, 5.41) is 6.32. The SMILES string of the molecule is CC(=O)O/N=C(/C)c1ccc(N(c2cccc(C(Cc3ccccc3)c3ccccc3)c2)c2cccc3ccccc23)cc1. The summed E-state index contributed by atoms with van der Waals surface area (Å²) in [7, 11) is 0. The van der Waals surface area contributed by atoms with Gasteiger partial charge >= 0.3 is 5.97 Å². The van der Waals surface area contributed by atoms with Crippen molar-refractivity contribution in [3.05, 3.63) is 174 Å². The van der Waals surface area contributed by atoms with Crippen LogP contribution in [0.1, 0.15) is 42.0 Å². The zero-order valence-electron chi connectivity index (χ0n) is 24.9. The van der Waals surface area contributed by atoms with E-state index in [9.17, 15) is 4.79 Å². The fraction of sp³-hybridized carbons (Fsp3) is 0.100. The maximum absolute atomic E-state index is 11.3. The normalized spacial score (nSPS) is 12.1. The van der Waals surface area contributed by atoms with Gasteiger partial charge in [-0.1, -0.05) is 126 Å². The first-order valence-electron chi connectivity index (χ1n) is 14.9. The molecule has 0 bridgehead atoms. The lowest BCUT2D eigenvalue weighted by Gasteiger charge is -2.28. The van der Waals surface area contributed by atoms with Crippen LogP contribution in [0.2, 0.25) is 0 Å². The van der Waals surface area contributed by atoms with Crippen LogP contribution in [-0.2, 0) is 16.1 Å². The molecule has 216 valence electrons. The Bertz CT molecular complexity index is 1890. The number of fused-ring (bicyclic) bond motifs is 1. The highest BCUT2D eigenvalue weighted by atomic mass is 16.7. The Labute approximate surface area is 258 Å². The van der Waals surface area contributed by atoms with Crippen LogP contribution in [0.15, 0.2) is 157 Å². The fourth-order valence-corrected chi connectivity index (χ4v) is 5.71. The van der Waals surface area contributed by atoms with Gasteiger partial charge in [0.15, 0.2) is 0 Å². The van der Waals surface area contributed by atoms with Crippen molar-refractivity contribution in [1.82, 2.24) is 0 Å². The lowest BCUT2D eigenvalue weighted by molar-refractivity contribution is -0.140. The maximum atomic E-state index is 11.3. The summed E-state index contributed by atoms with van der Waals surface area (Å²) in [5.74, 6) is -0.250. The van der Waals surface area contributed by atoms with Crippen LogP contribution in [-0.4, -0.2) is 11.7 Å². The lowest BCUT2D eigenvalue weighted by Crippen LogP contribution is -2.12. The monoisotopic (exact) mass is 574 g/mol. The quantitative estimate of drug-likeness (QED) is 0.0980. The fourth-order valence-electron chi connectivity index (χ4n) is 5.71. The maximum Gasteiger partial charge on any atom is 0.331 e. The van der Waals surface area contributed by atoms with Gasteiger partial charge in [-0.3, -0.25) is 0 Å². The van der Waals surface area contributed by atoms with Gasteiger partial charge < -0.3 is 9.74 Å². The van der Waals surface area contributed by atoms with Crippen molar-refractivity contribution in [2.45, 2.75) is 26.2 Å². The minimum absolute atomic E-state index is 0.190. The third kappa shape index (κ3) is 6.45. The van der Waals surface area contributed by atoms with E-state index in [1.165, 1.54) is 34.4 Å². The molecule has 0 heterocycles. The van der Waals surface area contributed by atoms with Crippen molar-refractivity contribution in [3.63, 3.8) is 0 Å². The highest BCUT2D eigenvalue weighted by Gasteiger charge is 2.20. The number of oxime groups is 1. The number of benzene rings is 6. The molecule has 0 fully saturated rings. The summed E-state index contributed by atoms with van der Waals surface area (Å²) >= 11 is 0. The number of carbonyl (C=O) groups is 1. The first-order chi connectivity index (χ1) is 21.6. The van der Waals surface area contributed by atoms with Crippen LogP contribution in [0.4, 0.5) is 17.1 Å². The third-order valence-electron chi connectivity index (χ3n) is 7.88. The van der Waals surface area contributed by atoms with E-state index in [0.717, 1.165) is 29.0 Å². The Morgan fingerprint density at radius 3 is 2.05 bits per heavy atom. The van der Waals surface area contributed by atoms with Crippen molar-refractivity contribution in [2.24, 2.45) is 5.16 Å². The minimum Gasteiger partial charge on any atom is -0.318 e. The van der Waals surface area contributed by atoms with Crippen molar-refractivity contribution in [2.75, 3.05) is 4.90 Å². The van der Waals surface area contributed by atoms with Gasteiger partial charge in [0.1, 0.15) is 0 Å². The molecule has 0 aliphatic heterocycles. The molecule has 0 aliphatic rings. The Balaban J connectivity index is 1.47. The Hall–Kier alpha value is -5.48. The summed E-state index contributed by atoms with van der Waals surface area (Å²) in [6.45, 7) is 3.18. The van der Waals surface area contributed by atoms with E-state index < -0.39 is 5.97 Å². The smallest absolute Gasteiger partial charge is 0.318 e. The van der Waals surface area contributed by atoms with E-state index in [4.69, 9.17) is 4.84 Å².